The molecular weight excluding hydrogens is 412 g/mol. The largest absolute Gasteiger partial charge is 0.488 e. The van der Waals surface area contributed by atoms with E-state index in [-0.39, 0.29) is 5.57 Å². The lowest BCUT2D eigenvalue weighted by atomic mass is 10.0. The number of hydrazine groups is 1. The molecule has 1 aliphatic heterocycles. The highest BCUT2D eigenvalue weighted by Crippen LogP contribution is 2.32. The van der Waals surface area contributed by atoms with Crippen LogP contribution in [0, 0.1) is 6.92 Å². The van der Waals surface area contributed by atoms with Crippen LogP contribution < -0.4 is 15.2 Å². The van der Waals surface area contributed by atoms with E-state index in [2.05, 4.69) is 11.5 Å². The van der Waals surface area contributed by atoms with Gasteiger partial charge >= 0.3 is 0 Å². The van der Waals surface area contributed by atoms with Crippen LogP contribution in [0.3, 0.4) is 0 Å². The third-order valence-corrected chi connectivity index (χ3v) is 5.60. The van der Waals surface area contributed by atoms with E-state index in [1.54, 1.807) is 18.2 Å². The molecule has 5 rings (SSSR count). The Kier molecular flexibility index (Phi) is 5.37. The standard InChI is InChI=1S/C28H22N2O3/c1-19-8-7-9-20(16-19)18-33-26-15-14-21-10-5-6-13-23(21)24(26)17-25-27(31)29-30(28(25)32)22-11-3-2-4-12-22/h2-17H,18H2,1H3,(H,29,31). The van der Waals surface area contributed by atoms with Crippen molar-refractivity contribution in [2.24, 2.45) is 0 Å². The molecule has 5 nitrogen and oxygen atoms in total. The lowest BCUT2D eigenvalue weighted by Crippen LogP contribution is -2.35. The highest BCUT2D eigenvalue weighted by atomic mass is 16.5. The average Bonchev–Trinajstić information content (AvgIpc) is 3.12. The zero-order chi connectivity index (χ0) is 22.8. The number of nitrogens with one attached hydrogen (secondary N) is 1. The topological polar surface area (TPSA) is 58.6 Å². The van der Waals surface area contributed by atoms with Crippen LogP contribution in [0.25, 0.3) is 16.8 Å². The van der Waals surface area contributed by atoms with E-state index in [0.29, 0.717) is 23.6 Å². The molecule has 2 amide bonds. The maximum absolute atomic E-state index is 13.1. The van der Waals surface area contributed by atoms with Gasteiger partial charge < -0.3 is 4.74 Å². The predicted molar refractivity (Wildman–Crippen MR) is 130 cm³/mol. The van der Waals surface area contributed by atoms with Gasteiger partial charge in [0.15, 0.2) is 0 Å². The summed E-state index contributed by atoms with van der Waals surface area (Å²) in [7, 11) is 0. The number of ether oxygens (including phenoxy) is 1. The molecule has 33 heavy (non-hydrogen) atoms. The van der Waals surface area contributed by atoms with Crippen LogP contribution in [0.4, 0.5) is 5.69 Å². The second-order valence-corrected chi connectivity index (χ2v) is 7.95. The molecule has 1 saturated heterocycles. The Morgan fingerprint density at radius 2 is 1.67 bits per heavy atom. The molecule has 0 saturated carbocycles. The second kappa shape index (κ2) is 8.63. The molecule has 1 fully saturated rings. The number of amides is 2. The molecular formula is C28H22N2O3. The molecule has 1 aliphatic rings. The van der Waals surface area contributed by atoms with E-state index in [1.807, 2.05) is 79.7 Å². The van der Waals surface area contributed by atoms with E-state index >= 15 is 0 Å². The van der Waals surface area contributed by atoms with E-state index < -0.39 is 11.8 Å². The first-order valence-corrected chi connectivity index (χ1v) is 10.7. The zero-order valence-corrected chi connectivity index (χ0v) is 18.1. The van der Waals surface area contributed by atoms with Gasteiger partial charge in [-0.2, -0.15) is 0 Å². The Balaban J connectivity index is 1.55. The number of hydrogen-bond donors (Lipinski definition) is 1. The summed E-state index contributed by atoms with van der Waals surface area (Å²) >= 11 is 0. The van der Waals surface area contributed by atoms with Crippen LogP contribution in [0.5, 0.6) is 5.75 Å². The van der Waals surface area contributed by atoms with Crippen LogP contribution >= 0.6 is 0 Å². The van der Waals surface area contributed by atoms with Crippen LogP contribution in [-0.2, 0) is 16.2 Å². The smallest absolute Gasteiger partial charge is 0.282 e. The van der Waals surface area contributed by atoms with Crippen molar-refractivity contribution in [1.82, 2.24) is 5.43 Å². The first-order valence-electron chi connectivity index (χ1n) is 10.7. The summed E-state index contributed by atoms with van der Waals surface area (Å²) in [6.07, 6.45) is 1.63. The summed E-state index contributed by atoms with van der Waals surface area (Å²) in [5.41, 5.74) is 6.24. The summed E-state index contributed by atoms with van der Waals surface area (Å²) in [4.78, 5) is 25.9. The van der Waals surface area contributed by atoms with Crippen molar-refractivity contribution in [2.45, 2.75) is 13.5 Å². The molecule has 4 aromatic rings. The number of aryl methyl sites for hydroxylation is 1. The molecule has 0 aliphatic carbocycles. The number of carbonyl (C=O) groups is 2. The molecule has 162 valence electrons. The highest BCUT2D eigenvalue weighted by Gasteiger charge is 2.34. The predicted octanol–water partition coefficient (Wildman–Crippen LogP) is 5.19. The van der Waals surface area contributed by atoms with Gasteiger partial charge in [0.2, 0.25) is 0 Å². The van der Waals surface area contributed by atoms with E-state index in [4.69, 9.17) is 4.74 Å². The minimum atomic E-state index is -0.443. The van der Waals surface area contributed by atoms with Crippen molar-refractivity contribution in [3.8, 4) is 5.75 Å². The van der Waals surface area contributed by atoms with Gasteiger partial charge in [0.25, 0.3) is 11.8 Å². The van der Waals surface area contributed by atoms with Gasteiger partial charge in [0.1, 0.15) is 17.9 Å². The molecule has 1 N–H and O–H groups in total. The molecule has 0 radical (unpaired) electrons. The number of carbonyl (C=O) groups excluding carboxylic acids is 2. The van der Waals surface area contributed by atoms with Gasteiger partial charge in [-0.25, -0.2) is 5.01 Å². The number of fused-ring (bicyclic) bond motifs is 1. The maximum Gasteiger partial charge on any atom is 0.282 e. The summed E-state index contributed by atoms with van der Waals surface area (Å²) in [6.45, 7) is 2.42. The van der Waals surface area contributed by atoms with Gasteiger partial charge in [-0.1, -0.05) is 78.4 Å². The Bertz CT molecular complexity index is 1390. The fraction of sp³-hybridized carbons (Fsp3) is 0.0714. The molecule has 0 bridgehead atoms. The monoisotopic (exact) mass is 434 g/mol. The van der Waals surface area contributed by atoms with Gasteiger partial charge in [-0.3, -0.25) is 15.0 Å². The fourth-order valence-electron chi connectivity index (χ4n) is 3.97. The number of para-hydroxylation sites is 1. The van der Waals surface area contributed by atoms with Crippen LogP contribution in [0.15, 0.2) is 96.6 Å². The van der Waals surface area contributed by atoms with Crippen molar-refractivity contribution in [1.29, 1.82) is 0 Å². The molecule has 1 heterocycles. The summed E-state index contributed by atoms with van der Waals surface area (Å²) < 4.78 is 6.18. The minimum Gasteiger partial charge on any atom is -0.488 e. The number of hydrogen-bond acceptors (Lipinski definition) is 3. The lowest BCUT2D eigenvalue weighted by molar-refractivity contribution is -0.117. The van der Waals surface area contributed by atoms with Crippen molar-refractivity contribution in [3.05, 3.63) is 113 Å². The number of anilines is 1. The SMILES string of the molecule is Cc1cccc(COc2ccc3ccccc3c2C=C2C(=O)NN(c3ccccc3)C2=O)c1. The van der Waals surface area contributed by atoms with Crippen molar-refractivity contribution in [2.75, 3.05) is 5.01 Å². The van der Waals surface area contributed by atoms with E-state index in [9.17, 15) is 9.59 Å². The van der Waals surface area contributed by atoms with E-state index in [0.717, 1.165) is 21.9 Å². The van der Waals surface area contributed by atoms with Crippen molar-refractivity contribution < 1.29 is 14.3 Å². The van der Waals surface area contributed by atoms with E-state index in [1.165, 1.54) is 5.01 Å². The quantitative estimate of drug-likeness (QED) is 0.347. The normalized spacial score (nSPS) is 14.7. The van der Waals surface area contributed by atoms with Crippen LogP contribution in [0.2, 0.25) is 0 Å². The molecule has 5 heteroatoms. The number of benzene rings is 4. The summed E-state index contributed by atoms with van der Waals surface area (Å²) in [5, 5.41) is 3.18. The molecule has 0 spiro atoms. The van der Waals surface area contributed by atoms with Gasteiger partial charge in [0.05, 0.1) is 5.69 Å². The maximum atomic E-state index is 13.1. The Morgan fingerprint density at radius 3 is 2.48 bits per heavy atom. The summed E-state index contributed by atoms with van der Waals surface area (Å²) in [5.74, 6) is -0.230. The average molecular weight is 434 g/mol. The Hall–Kier alpha value is -4.38. The molecule has 0 atom stereocenters. The molecule has 4 aromatic carbocycles. The van der Waals surface area contributed by atoms with Gasteiger partial charge in [0, 0.05) is 5.56 Å². The van der Waals surface area contributed by atoms with Crippen LogP contribution in [-0.4, -0.2) is 11.8 Å². The van der Waals surface area contributed by atoms with Crippen molar-refractivity contribution in [3.63, 3.8) is 0 Å². The second-order valence-electron chi connectivity index (χ2n) is 7.95. The molecule has 0 unspecified atom stereocenters. The Labute approximate surface area is 191 Å². The van der Waals surface area contributed by atoms with Crippen LogP contribution in [0.1, 0.15) is 16.7 Å². The molecule has 0 aromatic heterocycles. The third-order valence-electron chi connectivity index (χ3n) is 5.60. The summed E-state index contributed by atoms with van der Waals surface area (Å²) in [6, 6.07) is 28.9. The fourth-order valence-corrected chi connectivity index (χ4v) is 3.97. The number of nitrogens with zero attached hydrogens (tertiary/aromatic N) is 1. The first kappa shape index (κ1) is 20.5. The van der Waals surface area contributed by atoms with Gasteiger partial charge in [-0.05, 0) is 47.5 Å². The Morgan fingerprint density at radius 1 is 0.879 bits per heavy atom. The zero-order valence-electron chi connectivity index (χ0n) is 18.1. The van der Waals surface area contributed by atoms with Crippen molar-refractivity contribution >= 4 is 34.4 Å². The lowest BCUT2D eigenvalue weighted by Gasteiger charge is -2.14. The number of rotatable bonds is 5. The van der Waals surface area contributed by atoms with Gasteiger partial charge in [-0.15, -0.1) is 0 Å². The minimum absolute atomic E-state index is 0.0654. The highest BCUT2D eigenvalue weighted by molar-refractivity contribution is 6.32. The third kappa shape index (κ3) is 4.08. The first-order chi connectivity index (χ1) is 16.1.